The van der Waals surface area contributed by atoms with E-state index in [1.807, 2.05) is 18.2 Å². The van der Waals surface area contributed by atoms with Crippen molar-refractivity contribution in [2.75, 3.05) is 0 Å². The van der Waals surface area contributed by atoms with E-state index in [1.165, 1.54) is 66.1 Å². The molecular weight excluding hydrogens is 609 g/mol. The molecule has 0 saturated carbocycles. The smallest absolute Gasteiger partial charge is 0.238 e. The van der Waals surface area contributed by atoms with Crippen molar-refractivity contribution in [2.24, 2.45) is 0 Å². The molecule has 0 saturated heterocycles. The fraction of sp³-hybridized carbons (Fsp3) is 0.0652. The lowest BCUT2D eigenvalue weighted by molar-refractivity contribution is 0.661. The highest BCUT2D eigenvalue weighted by Crippen LogP contribution is 2.52. The molecule has 7 aromatic carbocycles. The molecule has 0 unspecified atom stereocenters. The highest BCUT2D eigenvalue weighted by molar-refractivity contribution is 6.30. The fourth-order valence-electron chi connectivity index (χ4n) is 8.88. The molecule has 0 amide bonds. The normalized spacial score (nSPS) is 13.6. The second-order valence-corrected chi connectivity index (χ2v) is 14.0. The Kier molecular flexibility index (Phi) is 5.42. The van der Waals surface area contributed by atoms with Crippen LogP contribution in [0.5, 0.6) is 0 Å². The lowest BCUT2D eigenvalue weighted by Gasteiger charge is -2.24. The van der Waals surface area contributed by atoms with Gasteiger partial charge in [-0.25, -0.2) is 4.98 Å². The molecule has 0 atom stereocenters. The van der Waals surface area contributed by atoms with Crippen LogP contribution in [0.1, 0.15) is 25.0 Å². The van der Waals surface area contributed by atoms with Crippen molar-refractivity contribution in [3.05, 3.63) is 157 Å². The topological polar surface area (TPSA) is 43.6 Å². The van der Waals surface area contributed by atoms with Gasteiger partial charge in [0.05, 0.1) is 11.0 Å². The lowest BCUT2D eigenvalue weighted by atomic mass is 9.80. The summed E-state index contributed by atoms with van der Waals surface area (Å²) in [5.41, 5.74) is 14.0. The summed E-state index contributed by atoms with van der Waals surface area (Å²) >= 11 is 0. The first kappa shape index (κ1) is 27.5. The van der Waals surface area contributed by atoms with Gasteiger partial charge in [0, 0.05) is 27.3 Å². The van der Waals surface area contributed by atoms with Crippen LogP contribution in [0.2, 0.25) is 0 Å². The predicted octanol–water partition coefficient (Wildman–Crippen LogP) is 11.4. The molecule has 0 fully saturated rings. The summed E-state index contributed by atoms with van der Waals surface area (Å²) in [7, 11) is 0. The Bertz CT molecular complexity index is 2900. The zero-order chi connectivity index (χ0) is 33.1. The van der Waals surface area contributed by atoms with E-state index < -0.39 is 0 Å². The van der Waals surface area contributed by atoms with Crippen LogP contribution in [0.3, 0.4) is 0 Å². The summed E-state index contributed by atoms with van der Waals surface area (Å²) < 4.78 is 2.26. The van der Waals surface area contributed by atoms with Gasteiger partial charge in [-0.1, -0.05) is 147 Å². The monoisotopic (exact) mass is 638 g/mol. The van der Waals surface area contributed by atoms with Crippen LogP contribution in [-0.4, -0.2) is 19.5 Å². The molecule has 234 valence electrons. The van der Waals surface area contributed by atoms with E-state index in [1.54, 1.807) is 0 Å². The Labute approximate surface area is 289 Å². The molecule has 4 heteroatoms. The Balaban J connectivity index is 1.26. The maximum atomic E-state index is 5.41. The van der Waals surface area contributed by atoms with E-state index in [0.717, 1.165) is 22.2 Å². The second kappa shape index (κ2) is 9.83. The van der Waals surface area contributed by atoms with Crippen molar-refractivity contribution in [1.82, 2.24) is 19.5 Å². The van der Waals surface area contributed by atoms with Crippen molar-refractivity contribution < 1.29 is 0 Å². The van der Waals surface area contributed by atoms with Crippen LogP contribution in [0.25, 0.3) is 94.7 Å². The molecule has 0 spiro atoms. The van der Waals surface area contributed by atoms with Gasteiger partial charge in [0.1, 0.15) is 0 Å². The van der Waals surface area contributed by atoms with Crippen LogP contribution in [-0.2, 0) is 5.41 Å². The number of nitrogens with zero attached hydrogens (tertiary/aromatic N) is 4. The second-order valence-electron chi connectivity index (χ2n) is 14.0. The van der Waals surface area contributed by atoms with Crippen molar-refractivity contribution >= 4 is 32.6 Å². The molecule has 2 heterocycles. The summed E-state index contributed by atoms with van der Waals surface area (Å²) in [6.45, 7) is 4.63. The molecule has 0 N–H and O–H groups in total. The first-order chi connectivity index (χ1) is 24.6. The van der Waals surface area contributed by atoms with Crippen LogP contribution in [0, 0.1) is 0 Å². The molecule has 4 nitrogen and oxygen atoms in total. The third-order valence-corrected chi connectivity index (χ3v) is 11.0. The zero-order valence-electron chi connectivity index (χ0n) is 27.6. The van der Waals surface area contributed by atoms with Gasteiger partial charge < -0.3 is 0 Å². The van der Waals surface area contributed by atoms with E-state index in [0.29, 0.717) is 17.6 Å². The maximum Gasteiger partial charge on any atom is 0.238 e. The average molecular weight is 639 g/mol. The molecule has 0 bridgehead atoms. The van der Waals surface area contributed by atoms with Gasteiger partial charge in [-0.2, -0.15) is 9.97 Å². The number of rotatable bonds is 3. The van der Waals surface area contributed by atoms with E-state index in [4.69, 9.17) is 15.0 Å². The van der Waals surface area contributed by atoms with Crippen molar-refractivity contribution in [3.63, 3.8) is 0 Å². The third kappa shape index (κ3) is 3.57. The highest BCUT2D eigenvalue weighted by atomic mass is 15.2. The van der Waals surface area contributed by atoms with E-state index in [-0.39, 0.29) is 5.41 Å². The number of fused-ring (bicyclic) bond motifs is 6. The summed E-state index contributed by atoms with van der Waals surface area (Å²) in [4.78, 5) is 15.9. The van der Waals surface area contributed by atoms with Gasteiger partial charge in [0.2, 0.25) is 5.95 Å². The summed E-state index contributed by atoms with van der Waals surface area (Å²) in [5, 5.41) is 4.96. The number of hydrogen-bond acceptors (Lipinski definition) is 3. The molecule has 50 heavy (non-hydrogen) atoms. The first-order valence-corrected chi connectivity index (χ1v) is 17.2. The molecule has 9 aromatic rings. The summed E-state index contributed by atoms with van der Waals surface area (Å²) in [6, 6.07) is 52.2. The van der Waals surface area contributed by atoms with Crippen molar-refractivity contribution in [3.8, 4) is 62.1 Å². The van der Waals surface area contributed by atoms with Gasteiger partial charge in [-0.05, 0) is 67.4 Å². The minimum absolute atomic E-state index is 0.219. The van der Waals surface area contributed by atoms with E-state index in [2.05, 4.69) is 146 Å². The number of benzene rings is 7. The summed E-state index contributed by atoms with van der Waals surface area (Å²) in [6.07, 6.45) is 0. The molecule has 2 aliphatic rings. The van der Waals surface area contributed by atoms with Crippen LogP contribution in [0.4, 0.5) is 0 Å². The molecular formula is C46H30N4. The van der Waals surface area contributed by atoms with E-state index in [9.17, 15) is 0 Å². The zero-order valence-corrected chi connectivity index (χ0v) is 27.6. The van der Waals surface area contributed by atoms with E-state index >= 15 is 0 Å². The Morgan fingerprint density at radius 2 is 1.02 bits per heavy atom. The Morgan fingerprint density at radius 3 is 1.84 bits per heavy atom. The van der Waals surface area contributed by atoms with Gasteiger partial charge >= 0.3 is 0 Å². The quantitative estimate of drug-likeness (QED) is 0.193. The third-order valence-electron chi connectivity index (χ3n) is 11.0. The largest absolute Gasteiger partial charge is 0.278 e. The summed E-state index contributed by atoms with van der Waals surface area (Å²) in [5.74, 6) is 1.95. The molecule has 0 aliphatic heterocycles. The SMILES string of the molecule is CC1(C)c2ccccc2-c2cccc(-c3nc(-c4ccccc4)nc(-n4c5cccc6c5c5c7c(cccc7ccc54)-c4ccccc4-6)n3)c21. The molecule has 11 rings (SSSR count). The molecule has 2 aliphatic carbocycles. The van der Waals surface area contributed by atoms with Crippen LogP contribution in [0.15, 0.2) is 146 Å². The standard InChI is InChI=1S/C46H30N4/c1-46(2)36-23-9-8-18-31(36)34-21-11-22-35(42(34)46)44-47-43(28-13-4-3-5-14-28)48-45(49-44)50-37-24-12-20-33-30-17-7-6-16-29(30)32-19-10-15-27-25-26-38(50)41(39(27)32)40(33)37/h3-26H,1-2H3. The van der Waals surface area contributed by atoms with Crippen molar-refractivity contribution in [1.29, 1.82) is 0 Å². The molecule has 2 aromatic heterocycles. The van der Waals surface area contributed by atoms with Crippen molar-refractivity contribution in [2.45, 2.75) is 19.3 Å². The minimum Gasteiger partial charge on any atom is -0.278 e. The van der Waals surface area contributed by atoms with Gasteiger partial charge in [-0.15, -0.1) is 0 Å². The maximum absolute atomic E-state index is 5.41. The average Bonchev–Trinajstić information content (AvgIpc) is 3.59. The van der Waals surface area contributed by atoms with Crippen LogP contribution < -0.4 is 0 Å². The number of hydrogen-bond donors (Lipinski definition) is 0. The lowest BCUT2D eigenvalue weighted by Crippen LogP contribution is -2.17. The highest BCUT2D eigenvalue weighted by Gasteiger charge is 2.38. The van der Waals surface area contributed by atoms with Gasteiger partial charge in [0.25, 0.3) is 0 Å². The van der Waals surface area contributed by atoms with Gasteiger partial charge in [-0.3, -0.25) is 4.57 Å². The van der Waals surface area contributed by atoms with Gasteiger partial charge in [0.15, 0.2) is 11.6 Å². The molecule has 0 radical (unpaired) electrons. The number of aromatic nitrogens is 4. The predicted molar refractivity (Wildman–Crippen MR) is 205 cm³/mol. The Hall–Kier alpha value is -6.39. The Morgan fingerprint density at radius 1 is 0.420 bits per heavy atom. The fourth-order valence-corrected chi connectivity index (χ4v) is 8.88. The van der Waals surface area contributed by atoms with Crippen LogP contribution >= 0.6 is 0 Å². The first-order valence-electron chi connectivity index (χ1n) is 17.2. The minimum atomic E-state index is -0.219.